The van der Waals surface area contributed by atoms with Crippen molar-refractivity contribution in [3.05, 3.63) is 42.4 Å². The highest BCUT2D eigenvalue weighted by Gasteiger charge is 2.33. The number of nitrogens with zero attached hydrogens (tertiary/aromatic N) is 6. The zero-order valence-corrected chi connectivity index (χ0v) is 14.9. The van der Waals surface area contributed by atoms with Gasteiger partial charge in [0.25, 0.3) is 5.91 Å². The second-order valence-corrected chi connectivity index (χ2v) is 6.55. The molecule has 0 atom stereocenters. The van der Waals surface area contributed by atoms with Crippen molar-refractivity contribution in [2.45, 2.75) is 25.1 Å². The van der Waals surface area contributed by atoms with Crippen LogP contribution in [0.4, 0.5) is 13.2 Å². The molecule has 0 aromatic carbocycles. The van der Waals surface area contributed by atoms with E-state index in [1.54, 1.807) is 11.9 Å². The molecule has 0 saturated carbocycles. The number of pyridine rings is 1. The second-order valence-electron chi connectivity index (χ2n) is 6.55. The van der Waals surface area contributed by atoms with Crippen LogP contribution in [0.3, 0.4) is 0 Å². The number of fused-ring (bicyclic) bond motifs is 1. The predicted molar refractivity (Wildman–Crippen MR) is 91.0 cm³/mol. The summed E-state index contributed by atoms with van der Waals surface area (Å²) in [5.74, 6) is -0.400. The van der Waals surface area contributed by atoms with Crippen molar-refractivity contribution < 1.29 is 22.7 Å². The van der Waals surface area contributed by atoms with E-state index in [9.17, 15) is 18.0 Å². The zero-order chi connectivity index (χ0) is 19.9. The fraction of sp³-hybridized carbons (Fsp3) is 0.412. The van der Waals surface area contributed by atoms with Gasteiger partial charge in [-0.2, -0.15) is 18.3 Å². The summed E-state index contributed by atoms with van der Waals surface area (Å²) in [5, 5.41) is 3.90. The van der Waals surface area contributed by atoms with Gasteiger partial charge in [0, 0.05) is 32.5 Å². The molecule has 0 radical (unpaired) electrons. The highest BCUT2D eigenvalue weighted by atomic mass is 19.4. The lowest BCUT2D eigenvalue weighted by atomic mass is 10.1. The van der Waals surface area contributed by atoms with Crippen LogP contribution >= 0.6 is 0 Å². The SMILES string of the molecule is CN(C(=O)c1cnc2c(-n3cncn3)cc(C(F)(F)F)cn12)C1CCOCC1. The number of amides is 1. The molecule has 1 aliphatic heterocycles. The van der Waals surface area contributed by atoms with Gasteiger partial charge < -0.3 is 9.64 Å². The van der Waals surface area contributed by atoms with E-state index in [0.29, 0.717) is 26.1 Å². The van der Waals surface area contributed by atoms with Crippen LogP contribution in [0.5, 0.6) is 0 Å². The van der Waals surface area contributed by atoms with Crippen molar-refractivity contribution in [3.63, 3.8) is 0 Å². The Labute approximate surface area is 157 Å². The van der Waals surface area contributed by atoms with E-state index in [1.807, 2.05) is 0 Å². The summed E-state index contributed by atoms with van der Waals surface area (Å²) >= 11 is 0. The molecule has 28 heavy (non-hydrogen) atoms. The maximum absolute atomic E-state index is 13.4. The molecule has 1 fully saturated rings. The summed E-state index contributed by atoms with van der Waals surface area (Å²) in [4.78, 5) is 22.5. The van der Waals surface area contributed by atoms with Gasteiger partial charge >= 0.3 is 6.18 Å². The van der Waals surface area contributed by atoms with Gasteiger partial charge in [-0.25, -0.2) is 14.6 Å². The first-order valence-corrected chi connectivity index (χ1v) is 8.64. The van der Waals surface area contributed by atoms with E-state index in [1.165, 1.54) is 23.5 Å². The Balaban J connectivity index is 1.82. The van der Waals surface area contributed by atoms with Crippen molar-refractivity contribution in [1.82, 2.24) is 29.0 Å². The van der Waals surface area contributed by atoms with Crippen molar-refractivity contribution in [3.8, 4) is 5.69 Å². The molecule has 1 saturated heterocycles. The number of aromatic nitrogens is 5. The first-order chi connectivity index (χ1) is 13.4. The quantitative estimate of drug-likeness (QED) is 0.681. The van der Waals surface area contributed by atoms with Gasteiger partial charge in [-0.3, -0.25) is 9.20 Å². The minimum absolute atomic E-state index is 0.0348. The summed E-state index contributed by atoms with van der Waals surface area (Å²) in [6.07, 6.45) is 1.42. The molecule has 0 aliphatic carbocycles. The molecule has 4 heterocycles. The predicted octanol–water partition coefficient (Wildman–Crippen LogP) is 2.18. The molecular formula is C17H17F3N6O2. The molecule has 0 spiro atoms. The normalized spacial score (nSPS) is 15.9. The first kappa shape index (κ1) is 18.4. The Hall–Kier alpha value is -2.95. The number of imidazole rings is 1. The van der Waals surface area contributed by atoms with E-state index in [-0.39, 0.29) is 23.1 Å². The molecule has 0 N–H and O–H groups in total. The molecule has 0 bridgehead atoms. The average molecular weight is 394 g/mol. The molecule has 3 aromatic rings. The highest BCUT2D eigenvalue weighted by molar-refractivity contribution is 5.93. The van der Waals surface area contributed by atoms with Crippen LogP contribution in [-0.4, -0.2) is 61.3 Å². The monoisotopic (exact) mass is 394 g/mol. The number of hydrogen-bond acceptors (Lipinski definition) is 5. The van der Waals surface area contributed by atoms with E-state index < -0.39 is 17.6 Å². The maximum Gasteiger partial charge on any atom is 0.417 e. The van der Waals surface area contributed by atoms with Crippen molar-refractivity contribution in [2.24, 2.45) is 0 Å². The number of ether oxygens (including phenoxy) is 1. The van der Waals surface area contributed by atoms with Crippen LogP contribution in [-0.2, 0) is 10.9 Å². The third-order valence-corrected chi connectivity index (χ3v) is 4.86. The first-order valence-electron chi connectivity index (χ1n) is 8.64. The molecule has 4 rings (SSSR count). The molecule has 3 aromatic heterocycles. The smallest absolute Gasteiger partial charge is 0.381 e. The highest BCUT2D eigenvalue weighted by Crippen LogP contribution is 2.32. The standard InChI is InChI=1S/C17H17F3N6O2/c1-24(12-2-4-28-5-3-12)16(27)14-7-22-15-13(26-10-21-9-23-26)6-11(8-25(14)15)17(18,19)20/h6-10,12H,2-5H2,1H3. The molecule has 148 valence electrons. The van der Waals surface area contributed by atoms with Gasteiger partial charge in [0.05, 0.1) is 11.8 Å². The zero-order valence-electron chi connectivity index (χ0n) is 14.9. The lowest BCUT2D eigenvalue weighted by Gasteiger charge is -2.31. The summed E-state index contributed by atoms with van der Waals surface area (Å²) in [7, 11) is 1.64. The largest absolute Gasteiger partial charge is 0.417 e. The summed E-state index contributed by atoms with van der Waals surface area (Å²) in [5.41, 5.74) is -0.593. The van der Waals surface area contributed by atoms with Crippen molar-refractivity contribution in [2.75, 3.05) is 20.3 Å². The van der Waals surface area contributed by atoms with Gasteiger partial charge in [-0.1, -0.05) is 0 Å². The van der Waals surface area contributed by atoms with Crippen LogP contribution in [0.15, 0.2) is 31.1 Å². The Bertz CT molecular complexity index is 992. The summed E-state index contributed by atoms with van der Waals surface area (Å²) < 4.78 is 48.0. The third kappa shape index (κ3) is 3.21. The molecule has 8 nitrogen and oxygen atoms in total. The van der Waals surface area contributed by atoms with Gasteiger partial charge in [-0.15, -0.1) is 0 Å². The van der Waals surface area contributed by atoms with Crippen LogP contribution in [0.2, 0.25) is 0 Å². The van der Waals surface area contributed by atoms with Gasteiger partial charge in [0.1, 0.15) is 24.0 Å². The van der Waals surface area contributed by atoms with Gasteiger partial charge in [0.2, 0.25) is 0 Å². The Morgan fingerprint density at radius 3 is 2.71 bits per heavy atom. The van der Waals surface area contributed by atoms with E-state index in [4.69, 9.17) is 4.74 Å². The number of carbonyl (C=O) groups is 1. The minimum atomic E-state index is -4.60. The average Bonchev–Trinajstić information content (AvgIpc) is 3.36. The van der Waals surface area contributed by atoms with Crippen LogP contribution in [0.1, 0.15) is 28.9 Å². The Kier molecular flexibility index (Phi) is 4.53. The van der Waals surface area contributed by atoms with E-state index in [2.05, 4.69) is 15.1 Å². The summed E-state index contributed by atoms with van der Waals surface area (Å²) in [6, 6.07) is 0.903. The van der Waals surface area contributed by atoms with Crippen molar-refractivity contribution in [1.29, 1.82) is 0 Å². The fourth-order valence-electron chi connectivity index (χ4n) is 3.30. The maximum atomic E-state index is 13.4. The number of alkyl halides is 3. The lowest BCUT2D eigenvalue weighted by Crippen LogP contribution is -2.41. The molecular weight excluding hydrogens is 377 g/mol. The van der Waals surface area contributed by atoms with Crippen LogP contribution in [0.25, 0.3) is 11.3 Å². The third-order valence-electron chi connectivity index (χ3n) is 4.86. The van der Waals surface area contributed by atoms with Crippen LogP contribution < -0.4 is 0 Å². The summed E-state index contributed by atoms with van der Waals surface area (Å²) in [6.45, 7) is 1.09. The number of halogens is 3. The van der Waals surface area contributed by atoms with Gasteiger partial charge in [-0.05, 0) is 18.9 Å². The number of hydrogen-bond donors (Lipinski definition) is 0. The van der Waals surface area contributed by atoms with Crippen molar-refractivity contribution >= 4 is 11.6 Å². The number of rotatable bonds is 3. The van der Waals surface area contributed by atoms with Crippen LogP contribution in [0, 0.1) is 0 Å². The number of carbonyl (C=O) groups excluding carboxylic acids is 1. The molecule has 1 amide bonds. The Morgan fingerprint density at radius 1 is 1.32 bits per heavy atom. The molecule has 11 heteroatoms. The molecule has 0 unspecified atom stereocenters. The van der Waals surface area contributed by atoms with E-state index >= 15 is 0 Å². The Morgan fingerprint density at radius 2 is 2.07 bits per heavy atom. The minimum Gasteiger partial charge on any atom is -0.381 e. The second kappa shape index (κ2) is 6.89. The fourth-order valence-corrected chi connectivity index (χ4v) is 3.30. The lowest BCUT2D eigenvalue weighted by molar-refractivity contribution is -0.137. The van der Waals surface area contributed by atoms with Gasteiger partial charge in [0.15, 0.2) is 5.65 Å². The van der Waals surface area contributed by atoms with E-state index in [0.717, 1.165) is 16.7 Å². The molecule has 1 aliphatic rings. The topological polar surface area (TPSA) is 77.6 Å².